The highest BCUT2D eigenvalue weighted by Gasteiger charge is 2.12. The van der Waals surface area contributed by atoms with Gasteiger partial charge in [0.15, 0.2) is 5.82 Å². The highest BCUT2D eigenvalue weighted by molar-refractivity contribution is 6.31. The van der Waals surface area contributed by atoms with Crippen LogP contribution in [0.3, 0.4) is 0 Å². The molecule has 0 saturated carbocycles. The molecule has 1 unspecified atom stereocenters. The summed E-state index contributed by atoms with van der Waals surface area (Å²) in [6.07, 6.45) is 0. The molecule has 3 nitrogen and oxygen atoms in total. The van der Waals surface area contributed by atoms with Crippen molar-refractivity contribution in [1.29, 1.82) is 0 Å². The van der Waals surface area contributed by atoms with Crippen molar-refractivity contribution < 1.29 is 14.6 Å². The predicted molar refractivity (Wildman–Crippen MR) is 73.2 cm³/mol. The van der Waals surface area contributed by atoms with Crippen LogP contribution >= 0.6 is 11.6 Å². The number of anilines is 1. The average Bonchev–Trinajstić information content (AvgIpc) is 2.33. The Morgan fingerprint density at radius 2 is 1.79 bits per heavy atom. The Morgan fingerprint density at radius 3 is 2.42 bits per heavy atom. The first kappa shape index (κ1) is 13.5. The highest BCUT2D eigenvalue weighted by Crippen LogP contribution is 2.29. The number of benzene rings is 2. The Bertz CT molecular complexity index is 584. The van der Waals surface area contributed by atoms with Crippen molar-refractivity contribution in [2.45, 2.75) is 13.0 Å². The van der Waals surface area contributed by atoms with Crippen molar-refractivity contribution in [2.75, 3.05) is 5.32 Å². The van der Waals surface area contributed by atoms with E-state index in [1.807, 2.05) is 0 Å². The number of phenolic OH excluding ortho intramolecular Hbond substituents is 2. The number of hydrogen-bond donors (Lipinski definition) is 3. The van der Waals surface area contributed by atoms with E-state index in [-0.39, 0.29) is 28.3 Å². The van der Waals surface area contributed by atoms with Crippen LogP contribution in [0.25, 0.3) is 0 Å². The van der Waals surface area contributed by atoms with Crippen LogP contribution in [0.5, 0.6) is 11.5 Å². The van der Waals surface area contributed by atoms with Gasteiger partial charge in [0, 0.05) is 12.1 Å². The predicted octanol–water partition coefficient (Wildman–Crippen LogP) is 4.06. The Balaban J connectivity index is 2.25. The summed E-state index contributed by atoms with van der Waals surface area (Å²) in [5, 5.41) is 21.8. The third-order valence-corrected chi connectivity index (χ3v) is 3.04. The monoisotopic (exact) mass is 281 g/mol. The lowest BCUT2D eigenvalue weighted by atomic mass is 10.1. The number of nitrogens with one attached hydrogen (secondary N) is 1. The molecule has 0 aliphatic rings. The van der Waals surface area contributed by atoms with Gasteiger partial charge in [-0.3, -0.25) is 0 Å². The molecule has 19 heavy (non-hydrogen) atoms. The first-order valence-electron chi connectivity index (χ1n) is 5.71. The van der Waals surface area contributed by atoms with Gasteiger partial charge in [-0.05, 0) is 36.8 Å². The summed E-state index contributed by atoms with van der Waals surface area (Å²) in [5.74, 6) is -0.620. The number of halogens is 2. The molecule has 5 heteroatoms. The van der Waals surface area contributed by atoms with E-state index in [4.69, 9.17) is 11.6 Å². The zero-order valence-electron chi connectivity index (χ0n) is 10.2. The van der Waals surface area contributed by atoms with Gasteiger partial charge in [0.1, 0.15) is 11.5 Å². The van der Waals surface area contributed by atoms with Gasteiger partial charge in [0.25, 0.3) is 0 Å². The van der Waals surface area contributed by atoms with E-state index < -0.39 is 5.82 Å². The Labute approximate surface area is 115 Å². The van der Waals surface area contributed by atoms with Crippen molar-refractivity contribution in [3.63, 3.8) is 0 Å². The molecule has 100 valence electrons. The van der Waals surface area contributed by atoms with Crippen molar-refractivity contribution in [3.8, 4) is 11.5 Å². The molecule has 0 saturated heterocycles. The molecule has 0 fully saturated rings. The van der Waals surface area contributed by atoms with Gasteiger partial charge >= 0.3 is 0 Å². The first-order valence-corrected chi connectivity index (χ1v) is 6.08. The molecule has 0 spiro atoms. The molecule has 2 aromatic carbocycles. The fourth-order valence-corrected chi connectivity index (χ4v) is 1.97. The number of phenols is 2. The second kappa shape index (κ2) is 5.36. The molecule has 0 bridgehead atoms. The minimum Gasteiger partial charge on any atom is -0.508 e. The van der Waals surface area contributed by atoms with E-state index in [1.165, 1.54) is 24.3 Å². The van der Waals surface area contributed by atoms with E-state index in [0.29, 0.717) is 5.56 Å². The Morgan fingerprint density at radius 1 is 1.16 bits per heavy atom. The SMILES string of the molecule is CC(Nc1cccc(Cl)c1F)c1cc(O)cc(O)c1. The van der Waals surface area contributed by atoms with E-state index in [2.05, 4.69) is 5.32 Å². The van der Waals surface area contributed by atoms with E-state index >= 15 is 0 Å². The van der Waals surface area contributed by atoms with Crippen LogP contribution < -0.4 is 5.32 Å². The maximum atomic E-state index is 13.7. The summed E-state index contributed by atoms with van der Waals surface area (Å²) in [6, 6.07) is 8.61. The van der Waals surface area contributed by atoms with Gasteiger partial charge in [-0.25, -0.2) is 4.39 Å². The quantitative estimate of drug-likeness (QED) is 0.795. The third-order valence-electron chi connectivity index (χ3n) is 2.75. The fraction of sp³-hybridized carbons (Fsp3) is 0.143. The zero-order chi connectivity index (χ0) is 14.0. The lowest BCUT2D eigenvalue weighted by Crippen LogP contribution is -2.08. The Kier molecular flexibility index (Phi) is 3.81. The summed E-state index contributed by atoms with van der Waals surface area (Å²) < 4.78 is 13.7. The Hall–Kier alpha value is -1.94. The van der Waals surface area contributed by atoms with Crippen molar-refractivity contribution >= 4 is 17.3 Å². The lowest BCUT2D eigenvalue weighted by Gasteiger charge is -2.17. The van der Waals surface area contributed by atoms with Gasteiger partial charge < -0.3 is 15.5 Å². The summed E-state index contributed by atoms with van der Waals surface area (Å²) >= 11 is 5.70. The van der Waals surface area contributed by atoms with Crippen LogP contribution in [-0.4, -0.2) is 10.2 Å². The van der Waals surface area contributed by atoms with Gasteiger partial charge in [0.2, 0.25) is 0 Å². The minimum atomic E-state index is -0.527. The second-order valence-electron chi connectivity index (χ2n) is 4.25. The van der Waals surface area contributed by atoms with Crippen molar-refractivity contribution in [3.05, 3.63) is 52.8 Å². The van der Waals surface area contributed by atoms with Crippen molar-refractivity contribution in [2.24, 2.45) is 0 Å². The van der Waals surface area contributed by atoms with Gasteiger partial charge in [-0.1, -0.05) is 17.7 Å². The molecule has 0 aliphatic heterocycles. The molecule has 0 amide bonds. The first-order chi connectivity index (χ1) is 8.97. The topological polar surface area (TPSA) is 52.5 Å². The maximum Gasteiger partial charge on any atom is 0.164 e. The summed E-state index contributed by atoms with van der Waals surface area (Å²) in [5.41, 5.74) is 0.903. The largest absolute Gasteiger partial charge is 0.508 e. The van der Waals surface area contributed by atoms with E-state index in [9.17, 15) is 14.6 Å². The van der Waals surface area contributed by atoms with E-state index in [0.717, 1.165) is 0 Å². The maximum absolute atomic E-state index is 13.7. The fourth-order valence-electron chi connectivity index (χ4n) is 1.80. The molecule has 2 rings (SSSR count). The van der Waals surface area contributed by atoms with Crippen LogP contribution in [-0.2, 0) is 0 Å². The molecule has 2 aromatic rings. The molecule has 3 N–H and O–H groups in total. The van der Waals surface area contributed by atoms with Gasteiger partial charge in [-0.2, -0.15) is 0 Å². The minimum absolute atomic E-state index is 0.0379. The van der Waals surface area contributed by atoms with Crippen LogP contribution in [0.1, 0.15) is 18.5 Å². The zero-order valence-corrected chi connectivity index (χ0v) is 10.9. The number of rotatable bonds is 3. The van der Waals surface area contributed by atoms with Crippen LogP contribution in [0.15, 0.2) is 36.4 Å². The smallest absolute Gasteiger partial charge is 0.164 e. The summed E-state index contributed by atoms with van der Waals surface area (Å²) in [7, 11) is 0. The molecule has 0 aliphatic carbocycles. The highest BCUT2D eigenvalue weighted by atomic mass is 35.5. The van der Waals surface area contributed by atoms with Gasteiger partial charge in [-0.15, -0.1) is 0 Å². The van der Waals surface area contributed by atoms with Crippen LogP contribution in [0.2, 0.25) is 5.02 Å². The molecule has 1 atom stereocenters. The molecular formula is C14H13ClFNO2. The number of aromatic hydroxyl groups is 2. The summed E-state index contributed by atoms with van der Waals surface area (Å²) in [6.45, 7) is 1.79. The molecule has 0 heterocycles. The van der Waals surface area contributed by atoms with Crippen molar-refractivity contribution in [1.82, 2.24) is 0 Å². The standard InChI is InChI=1S/C14H13ClFNO2/c1-8(9-5-10(18)7-11(19)6-9)17-13-4-2-3-12(15)14(13)16/h2-8,17-19H,1H3. The average molecular weight is 282 g/mol. The molecule has 0 aromatic heterocycles. The third kappa shape index (κ3) is 3.09. The normalized spacial score (nSPS) is 12.2. The summed E-state index contributed by atoms with van der Waals surface area (Å²) in [4.78, 5) is 0. The van der Waals surface area contributed by atoms with Crippen LogP contribution in [0, 0.1) is 5.82 Å². The van der Waals surface area contributed by atoms with Crippen LogP contribution in [0.4, 0.5) is 10.1 Å². The van der Waals surface area contributed by atoms with E-state index in [1.54, 1.807) is 19.1 Å². The van der Waals surface area contributed by atoms with Gasteiger partial charge in [0.05, 0.1) is 10.7 Å². The second-order valence-corrected chi connectivity index (χ2v) is 4.66. The molecule has 0 radical (unpaired) electrons. The number of hydrogen-bond acceptors (Lipinski definition) is 3. The lowest BCUT2D eigenvalue weighted by molar-refractivity contribution is 0.448. The molecular weight excluding hydrogens is 269 g/mol.